The second-order valence-electron chi connectivity index (χ2n) is 7.57. The second kappa shape index (κ2) is 9.67. The van der Waals surface area contributed by atoms with E-state index < -0.39 is 16.1 Å². The minimum Gasteiger partial charge on any atom is -0.497 e. The van der Waals surface area contributed by atoms with Gasteiger partial charge in [0, 0.05) is 25.7 Å². The first-order valence-electron chi connectivity index (χ1n) is 10.1. The molecule has 2 aromatic rings. The second-order valence-corrected chi connectivity index (χ2v) is 9.50. The molecule has 1 amide bonds. The van der Waals surface area contributed by atoms with E-state index in [1.165, 1.54) is 22.8 Å². The minimum absolute atomic E-state index is 0.272. The Bertz CT molecular complexity index is 1060. The van der Waals surface area contributed by atoms with Gasteiger partial charge in [0.1, 0.15) is 11.5 Å². The van der Waals surface area contributed by atoms with E-state index in [4.69, 9.17) is 9.47 Å². The normalized spacial score (nSPS) is 16.6. The van der Waals surface area contributed by atoms with Crippen molar-refractivity contribution in [1.29, 1.82) is 0 Å². The number of nitrogens with zero attached hydrogens (tertiary/aromatic N) is 2. The summed E-state index contributed by atoms with van der Waals surface area (Å²) in [6.07, 6.45) is 0.653. The molecule has 0 bridgehead atoms. The predicted octanol–water partition coefficient (Wildman–Crippen LogP) is 2.71. The Morgan fingerprint density at radius 1 is 1.03 bits per heavy atom. The van der Waals surface area contributed by atoms with Crippen molar-refractivity contribution < 1.29 is 22.7 Å². The molecule has 168 valence electrons. The summed E-state index contributed by atoms with van der Waals surface area (Å²) >= 11 is 0. The van der Waals surface area contributed by atoms with Gasteiger partial charge in [-0.05, 0) is 43.5 Å². The van der Waals surface area contributed by atoms with Gasteiger partial charge < -0.3 is 14.8 Å². The lowest BCUT2D eigenvalue weighted by Crippen LogP contribution is -2.51. The topological polar surface area (TPSA) is 88.2 Å². The molecular formula is C22H29N3O5S. The first-order valence-corrected chi connectivity index (χ1v) is 11.5. The number of methoxy groups -OCH3 is 2. The molecule has 0 atom stereocenters. The number of nitrogens with one attached hydrogen (secondary N) is 1. The zero-order chi connectivity index (χ0) is 22.6. The summed E-state index contributed by atoms with van der Waals surface area (Å²) in [6, 6.07) is 11.0. The van der Waals surface area contributed by atoms with E-state index in [2.05, 4.69) is 5.32 Å². The van der Waals surface area contributed by atoms with Gasteiger partial charge in [-0.2, -0.15) is 17.0 Å². The molecule has 1 heterocycles. The number of aryl methyl sites for hydroxylation is 2. The zero-order valence-electron chi connectivity index (χ0n) is 18.3. The first-order chi connectivity index (χ1) is 14.7. The number of ether oxygens (including phenoxy) is 2. The van der Waals surface area contributed by atoms with Crippen molar-refractivity contribution in [3.63, 3.8) is 0 Å². The number of amides is 1. The van der Waals surface area contributed by atoms with Crippen molar-refractivity contribution >= 4 is 21.8 Å². The quantitative estimate of drug-likeness (QED) is 0.705. The highest BCUT2D eigenvalue weighted by molar-refractivity contribution is 7.86. The number of anilines is 1. The Labute approximate surface area is 183 Å². The van der Waals surface area contributed by atoms with Crippen molar-refractivity contribution in [3.05, 3.63) is 53.1 Å². The van der Waals surface area contributed by atoms with Gasteiger partial charge in [0.05, 0.1) is 26.5 Å². The van der Waals surface area contributed by atoms with Crippen LogP contribution in [0.3, 0.4) is 0 Å². The number of carbonyl (C=O) groups is 1. The molecule has 1 fully saturated rings. The number of hydrogen-bond donors (Lipinski definition) is 1. The molecule has 1 saturated heterocycles. The molecular weight excluding hydrogens is 418 g/mol. The molecule has 9 heteroatoms. The van der Waals surface area contributed by atoms with Crippen LogP contribution in [0.5, 0.6) is 11.5 Å². The molecule has 3 rings (SSSR count). The highest BCUT2D eigenvalue weighted by Crippen LogP contribution is 2.29. The van der Waals surface area contributed by atoms with Crippen LogP contribution in [0.1, 0.15) is 23.1 Å². The summed E-state index contributed by atoms with van der Waals surface area (Å²) in [5, 5.41) is 2.73. The predicted molar refractivity (Wildman–Crippen MR) is 120 cm³/mol. The average molecular weight is 448 g/mol. The summed E-state index contributed by atoms with van der Waals surface area (Å²) in [7, 11) is -0.734. The van der Waals surface area contributed by atoms with Crippen LogP contribution < -0.4 is 14.8 Å². The van der Waals surface area contributed by atoms with Gasteiger partial charge in [-0.15, -0.1) is 0 Å². The van der Waals surface area contributed by atoms with Crippen LogP contribution in [0.2, 0.25) is 0 Å². The summed E-state index contributed by atoms with van der Waals surface area (Å²) in [6.45, 7) is 4.70. The summed E-state index contributed by atoms with van der Waals surface area (Å²) in [5.41, 5.74) is 3.52. The lowest BCUT2D eigenvalue weighted by molar-refractivity contribution is -0.116. The van der Waals surface area contributed by atoms with Crippen molar-refractivity contribution in [2.75, 3.05) is 39.2 Å². The number of hydrogen-bond acceptors (Lipinski definition) is 5. The third-order valence-corrected chi connectivity index (χ3v) is 7.25. The van der Waals surface area contributed by atoms with Gasteiger partial charge >= 0.3 is 0 Å². The van der Waals surface area contributed by atoms with Crippen LogP contribution >= 0.6 is 0 Å². The monoisotopic (exact) mass is 447 g/mol. The van der Waals surface area contributed by atoms with Crippen molar-refractivity contribution in [3.8, 4) is 11.5 Å². The Morgan fingerprint density at radius 2 is 1.77 bits per heavy atom. The van der Waals surface area contributed by atoms with Crippen LogP contribution in [-0.2, 0) is 21.5 Å². The van der Waals surface area contributed by atoms with Gasteiger partial charge in [-0.25, -0.2) is 0 Å². The van der Waals surface area contributed by atoms with E-state index in [1.54, 1.807) is 18.2 Å². The molecule has 2 aromatic carbocycles. The van der Waals surface area contributed by atoms with Gasteiger partial charge in [-0.1, -0.05) is 23.8 Å². The Morgan fingerprint density at radius 3 is 2.48 bits per heavy atom. The van der Waals surface area contributed by atoms with E-state index in [0.29, 0.717) is 36.7 Å². The fourth-order valence-electron chi connectivity index (χ4n) is 3.56. The molecule has 0 aromatic heterocycles. The lowest BCUT2D eigenvalue weighted by atomic mass is 10.1. The molecule has 8 nitrogen and oxygen atoms in total. The number of carbonyl (C=O) groups excluding carboxylic acids is 1. The maximum absolute atomic E-state index is 13.2. The highest BCUT2D eigenvalue weighted by Gasteiger charge is 2.35. The molecule has 0 aliphatic carbocycles. The Kier molecular flexibility index (Phi) is 7.19. The lowest BCUT2D eigenvalue weighted by Gasteiger charge is -2.34. The van der Waals surface area contributed by atoms with Crippen LogP contribution in [0.15, 0.2) is 36.4 Å². The standard InChI is InChI=1S/C22H29N3O5S/c1-16-6-7-17(2)18(12-16)14-24-10-5-11-25(31(24,27)28)15-22(26)23-20-13-19(29-3)8-9-21(20)30-4/h6-9,12-13H,5,10-11,14-15H2,1-4H3,(H,23,26). The minimum atomic E-state index is -3.76. The highest BCUT2D eigenvalue weighted by atomic mass is 32.2. The molecule has 0 spiro atoms. The van der Waals surface area contributed by atoms with Gasteiger partial charge in [0.15, 0.2) is 0 Å². The molecule has 0 unspecified atom stereocenters. The fraction of sp³-hybridized carbons (Fsp3) is 0.409. The summed E-state index contributed by atoms with van der Waals surface area (Å²) in [4.78, 5) is 12.7. The molecule has 0 radical (unpaired) electrons. The molecule has 0 saturated carbocycles. The van der Waals surface area contributed by atoms with Crippen molar-refractivity contribution in [2.45, 2.75) is 26.8 Å². The maximum Gasteiger partial charge on any atom is 0.282 e. The fourth-order valence-corrected chi connectivity index (χ4v) is 5.19. The van der Waals surface area contributed by atoms with Crippen molar-refractivity contribution in [1.82, 2.24) is 8.61 Å². The van der Waals surface area contributed by atoms with Crippen molar-refractivity contribution in [2.24, 2.45) is 0 Å². The average Bonchev–Trinajstić information content (AvgIpc) is 2.73. The van der Waals surface area contributed by atoms with E-state index in [0.717, 1.165) is 16.7 Å². The van der Waals surface area contributed by atoms with E-state index in [-0.39, 0.29) is 13.1 Å². The third-order valence-electron chi connectivity index (χ3n) is 5.32. The van der Waals surface area contributed by atoms with E-state index >= 15 is 0 Å². The largest absolute Gasteiger partial charge is 0.497 e. The zero-order valence-corrected chi connectivity index (χ0v) is 19.2. The third kappa shape index (κ3) is 5.36. The Balaban J connectivity index is 1.73. The summed E-state index contributed by atoms with van der Waals surface area (Å²) in [5.74, 6) is 0.581. The molecule has 1 N–H and O–H groups in total. The van der Waals surface area contributed by atoms with Gasteiger partial charge in [0.2, 0.25) is 5.91 Å². The SMILES string of the molecule is COc1ccc(OC)c(NC(=O)CN2CCCN(Cc3cc(C)ccc3C)S2(=O)=O)c1. The number of rotatable bonds is 7. The van der Waals surface area contributed by atoms with Crippen LogP contribution in [0.4, 0.5) is 5.69 Å². The summed E-state index contributed by atoms with van der Waals surface area (Å²) < 4.78 is 39.4. The van der Waals surface area contributed by atoms with Gasteiger partial charge in [-0.3, -0.25) is 4.79 Å². The van der Waals surface area contributed by atoms with Gasteiger partial charge in [0.25, 0.3) is 10.2 Å². The Hall–Kier alpha value is -2.62. The van der Waals surface area contributed by atoms with Crippen LogP contribution in [0, 0.1) is 13.8 Å². The smallest absolute Gasteiger partial charge is 0.282 e. The van der Waals surface area contributed by atoms with E-state index in [1.807, 2.05) is 32.0 Å². The first kappa shape index (κ1) is 23.1. The van der Waals surface area contributed by atoms with Crippen LogP contribution in [0.25, 0.3) is 0 Å². The molecule has 1 aliphatic rings. The van der Waals surface area contributed by atoms with Crippen LogP contribution in [-0.4, -0.2) is 56.8 Å². The number of benzene rings is 2. The van der Waals surface area contributed by atoms with E-state index in [9.17, 15) is 13.2 Å². The molecule has 1 aliphatic heterocycles. The molecule has 31 heavy (non-hydrogen) atoms. The maximum atomic E-state index is 13.2.